The van der Waals surface area contributed by atoms with E-state index in [2.05, 4.69) is 31.0 Å². The Kier molecular flexibility index (Phi) is 4.17. The minimum Gasteiger partial charge on any atom is -0.366 e. The molecule has 0 amide bonds. The lowest BCUT2D eigenvalue weighted by atomic mass is 10.2. The molecule has 0 aromatic carbocycles. The molecule has 3 rings (SSSR count). The Morgan fingerprint density at radius 2 is 2.05 bits per heavy atom. The predicted octanol–water partition coefficient (Wildman–Crippen LogP) is 1.14. The van der Waals surface area contributed by atoms with Crippen LogP contribution in [0.4, 0.5) is 5.69 Å². The summed E-state index contributed by atoms with van der Waals surface area (Å²) in [5.74, 6) is 0. The summed E-state index contributed by atoms with van der Waals surface area (Å²) < 4.78 is 0. The van der Waals surface area contributed by atoms with Crippen molar-refractivity contribution in [1.29, 1.82) is 0 Å². The van der Waals surface area contributed by atoms with Crippen LogP contribution in [0, 0.1) is 0 Å². The van der Waals surface area contributed by atoms with Gasteiger partial charge in [-0.2, -0.15) is 5.10 Å². The van der Waals surface area contributed by atoms with Crippen LogP contribution < -0.4 is 10.5 Å². The van der Waals surface area contributed by atoms with Crippen molar-refractivity contribution in [3.05, 3.63) is 51.7 Å². The molecule has 2 aromatic rings. The van der Waals surface area contributed by atoms with Gasteiger partial charge in [-0.05, 0) is 11.6 Å². The van der Waals surface area contributed by atoms with E-state index in [1.54, 1.807) is 12.4 Å². The molecule has 1 saturated heterocycles. The summed E-state index contributed by atoms with van der Waals surface area (Å²) >= 11 is 6.05. The Hall–Kier alpha value is -1.92. The van der Waals surface area contributed by atoms with Gasteiger partial charge in [0.15, 0.2) is 0 Å². The largest absolute Gasteiger partial charge is 0.366 e. The second-order valence-corrected chi connectivity index (χ2v) is 5.40. The summed E-state index contributed by atoms with van der Waals surface area (Å²) in [6, 6.07) is 4.03. The van der Waals surface area contributed by atoms with Crippen molar-refractivity contribution in [2.75, 3.05) is 31.1 Å². The van der Waals surface area contributed by atoms with Crippen LogP contribution in [0.5, 0.6) is 0 Å². The smallest absolute Gasteiger partial charge is 0.285 e. The van der Waals surface area contributed by atoms with Gasteiger partial charge in [-0.25, -0.2) is 5.10 Å². The molecule has 0 aliphatic carbocycles. The normalized spacial score (nSPS) is 16.1. The van der Waals surface area contributed by atoms with Crippen LogP contribution in [0.25, 0.3) is 0 Å². The maximum atomic E-state index is 11.5. The first-order valence-electron chi connectivity index (χ1n) is 6.83. The lowest BCUT2D eigenvalue weighted by Crippen LogP contribution is -2.46. The molecule has 0 radical (unpaired) electrons. The molecule has 0 bridgehead atoms. The second-order valence-electron chi connectivity index (χ2n) is 5.02. The Morgan fingerprint density at radius 1 is 1.24 bits per heavy atom. The summed E-state index contributed by atoms with van der Waals surface area (Å²) in [6.45, 7) is 4.37. The summed E-state index contributed by atoms with van der Waals surface area (Å²) in [7, 11) is 0. The lowest BCUT2D eigenvalue weighted by Gasteiger charge is -2.36. The van der Waals surface area contributed by atoms with Crippen molar-refractivity contribution in [1.82, 2.24) is 20.1 Å². The van der Waals surface area contributed by atoms with Crippen molar-refractivity contribution < 1.29 is 0 Å². The zero-order valence-corrected chi connectivity index (χ0v) is 12.3. The molecule has 0 atom stereocenters. The third-order valence-corrected chi connectivity index (χ3v) is 3.98. The molecule has 1 aliphatic rings. The Labute approximate surface area is 127 Å². The average molecular weight is 306 g/mol. The molecule has 110 valence electrons. The summed E-state index contributed by atoms with van der Waals surface area (Å²) in [4.78, 5) is 20.1. The molecule has 3 heterocycles. The third-order valence-electron chi connectivity index (χ3n) is 3.62. The molecular weight excluding hydrogens is 290 g/mol. The number of H-pyrrole nitrogens is 1. The van der Waals surface area contributed by atoms with Gasteiger partial charge in [0, 0.05) is 45.1 Å². The number of aromatic amines is 1. The minimum absolute atomic E-state index is 0.214. The Bertz CT molecular complexity index is 652. The maximum absolute atomic E-state index is 11.5. The number of rotatable bonds is 3. The summed E-state index contributed by atoms with van der Waals surface area (Å²) in [5, 5.41) is 6.37. The average Bonchev–Trinajstić information content (AvgIpc) is 2.52. The highest BCUT2D eigenvalue weighted by atomic mass is 35.5. The topological polar surface area (TPSA) is 65.1 Å². The number of nitrogens with one attached hydrogen (secondary N) is 1. The predicted molar refractivity (Wildman–Crippen MR) is 81.6 cm³/mol. The van der Waals surface area contributed by atoms with Crippen molar-refractivity contribution >= 4 is 17.3 Å². The number of anilines is 1. The SMILES string of the molecule is O=c1[nH]ncc(N2CCN(Cc3cccnc3)CC2)c1Cl. The number of hydrogen-bond donors (Lipinski definition) is 1. The second kappa shape index (κ2) is 6.24. The fraction of sp³-hybridized carbons (Fsp3) is 0.357. The van der Waals surface area contributed by atoms with Gasteiger partial charge in [-0.1, -0.05) is 17.7 Å². The van der Waals surface area contributed by atoms with E-state index >= 15 is 0 Å². The van der Waals surface area contributed by atoms with Crippen LogP contribution >= 0.6 is 11.6 Å². The molecule has 1 aliphatic heterocycles. The number of pyridine rings is 1. The Morgan fingerprint density at radius 3 is 2.76 bits per heavy atom. The zero-order chi connectivity index (χ0) is 14.7. The molecule has 0 unspecified atom stereocenters. The first-order chi connectivity index (χ1) is 10.2. The standard InChI is InChI=1S/C14H16ClN5O/c15-13-12(9-17-18-14(13)21)20-6-4-19(5-7-20)10-11-2-1-3-16-8-11/h1-3,8-9H,4-7,10H2,(H,18,21). The van der Waals surface area contributed by atoms with E-state index < -0.39 is 0 Å². The van der Waals surface area contributed by atoms with E-state index in [4.69, 9.17) is 11.6 Å². The molecule has 0 spiro atoms. The highest BCUT2D eigenvalue weighted by Crippen LogP contribution is 2.22. The quantitative estimate of drug-likeness (QED) is 0.921. The monoisotopic (exact) mass is 305 g/mol. The van der Waals surface area contributed by atoms with Crippen LogP contribution in [-0.4, -0.2) is 46.3 Å². The van der Waals surface area contributed by atoms with E-state index in [1.807, 2.05) is 12.3 Å². The van der Waals surface area contributed by atoms with Gasteiger partial charge in [0.1, 0.15) is 5.02 Å². The van der Waals surface area contributed by atoms with E-state index in [0.717, 1.165) is 32.7 Å². The molecule has 1 N–H and O–H groups in total. The molecular formula is C14H16ClN5O. The van der Waals surface area contributed by atoms with Gasteiger partial charge in [0.2, 0.25) is 0 Å². The van der Waals surface area contributed by atoms with Gasteiger partial charge < -0.3 is 4.90 Å². The lowest BCUT2D eigenvalue weighted by molar-refractivity contribution is 0.249. The van der Waals surface area contributed by atoms with Gasteiger partial charge in [-0.15, -0.1) is 0 Å². The number of nitrogens with zero attached hydrogens (tertiary/aromatic N) is 4. The van der Waals surface area contributed by atoms with Gasteiger partial charge in [-0.3, -0.25) is 14.7 Å². The van der Waals surface area contributed by atoms with Crippen LogP contribution in [-0.2, 0) is 6.54 Å². The first-order valence-corrected chi connectivity index (χ1v) is 7.21. The van der Waals surface area contributed by atoms with E-state index in [1.165, 1.54) is 5.56 Å². The summed E-state index contributed by atoms with van der Waals surface area (Å²) in [6.07, 6.45) is 5.29. The fourth-order valence-corrected chi connectivity index (χ4v) is 2.70. The van der Waals surface area contributed by atoms with Crippen LogP contribution in [0.2, 0.25) is 5.02 Å². The molecule has 1 fully saturated rings. The highest BCUT2D eigenvalue weighted by molar-refractivity contribution is 6.32. The molecule has 6 nitrogen and oxygen atoms in total. The molecule has 0 saturated carbocycles. The molecule has 2 aromatic heterocycles. The zero-order valence-electron chi connectivity index (χ0n) is 11.5. The Balaban J connectivity index is 1.63. The van der Waals surface area contributed by atoms with Crippen LogP contribution in [0.15, 0.2) is 35.5 Å². The molecule has 7 heteroatoms. The first kappa shape index (κ1) is 14.0. The number of aromatic nitrogens is 3. The third kappa shape index (κ3) is 3.22. The van der Waals surface area contributed by atoms with Gasteiger partial charge in [0.05, 0.1) is 11.9 Å². The van der Waals surface area contributed by atoms with Crippen LogP contribution in [0.1, 0.15) is 5.56 Å². The van der Waals surface area contributed by atoms with Crippen molar-refractivity contribution in [3.63, 3.8) is 0 Å². The molecule has 21 heavy (non-hydrogen) atoms. The van der Waals surface area contributed by atoms with E-state index in [-0.39, 0.29) is 10.6 Å². The number of piperazine rings is 1. The maximum Gasteiger partial charge on any atom is 0.285 e. The number of halogens is 1. The summed E-state index contributed by atoms with van der Waals surface area (Å²) in [5.41, 5.74) is 1.58. The van der Waals surface area contributed by atoms with Crippen molar-refractivity contribution in [3.8, 4) is 0 Å². The van der Waals surface area contributed by atoms with E-state index in [9.17, 15) is 4.79 Å². The number of hydrogen-bond acceptors (Lipinski definition) is 5. The van der Waals surface area contributed by atoms with Crippen LogP contribution in [0.3, 0.4) is 0 Å². The van der Waals surface area contributed by atoms with E-state index in [0.29, 0.717) is 5.69 Å². The van der Waals surface area contributed by atoms with Crippen molar-refractivity contribution in [2.24, 2.45) is 0 Å². The highest BCUT2D eigenvalue weighted by Gasteiger charge is 2.20. The minimum atomic E-state index is -0.341. The van der Waals surface area contributed by atoms with Crippen molar-refractivity contribution in [2.45, 2.75) is 6.54 Å². The van der Waals surface area contributed by atoms with Gasteiger partial charge in [0.25, 0.3) is 5.56 Å². The fourth-order valence-electron chi connectivity index (χ4n) is 2.49. The van der Waals surface area contributed by atoms with Gasteiger partial charge >= 0.3 is 0 Å².